The molecule has 4 nitrogen and oxygen atoms in total. The number of fused-ring (bicyclic) bond motifs is 1. The molecule has 0 aliphatic rings. The van der Waals surface area contributed by atoms with Crippen LogP contribution in [0.25, 0.3) is 11.0 Å². The Morgan fingerprint density at radius 1 is 1.27 bits per heavy atom. The Kier molecular flexibility index (Phi) is 2.07. The van der Waals surface area contributed by atoms with Gasteiger partial charge in [-0.1, -0.05) is 19.9 Å². The summed E-state index contributed by atoms with van der Waals surface area (Å²) >= 11 is 0. The van der Waals surface area contributed by atoms with Gasteiger partial charge in [0.1, 0.15) is 0 Å². The quantitative estimate of drug-likeness (QED) is 0.696. The van der Waals surface area contributed by atoms with Gasteiger partial charge in [0, 0.05) is 7.05 Å². The second-order valence-electron chi connectivity index (χ2n) is 4.12. The second-order valence-corrected chi connectivity index (χ2v) is 4.12. The van der Waals surface area contributed by atoms with Crippen LogP contribution in [0.5, 0.6) is 0 Å². The number of anilines is 2. The minimum Gasteiger partial charge on any atom is -0.397 e. The maximum absolute atomic E-state index is 5.92. The molecule has 0 atom stereocenters. The number of benzene rings is 1. The summed E-state index contributed by atoms with van der Waals surface area (Å²) in [4.78, 5) is 4.36. The molecule has 0 radical (unpaired) electrons. The van der Waals surface area contributed by atoms with Gasteiger partial charge in [-0.25, -0.2) is 4.98 Å². The van der Waals surface area contributed by atoms with Gasteiger partial charge in [0.05, 0.1) is 16.7 Å². The second kappa shape index (κ2) is 3.15. The Morgan fingerprint density at radius 2 is 1.93 bits per heavy atom. The van der Waals surface area contributed by atoms with Crippen molar-refractivity contribution in [3.05, 3.63) is 17.7 Å². The molecular formula is C11H16N4. The molecular weight excluding hydrogens is 188 g/mol. The molecule has 0 amide bonds. The zero-order valence-electron chi connectivity index (χ0n) is 9.28. The van der Waals surface area contributed by atoms with E-state index in [0.717, 1.165) is 16.7 Å². The standard InChI is InChI=1S/C11H16N4/c1-6(2)7-4-5-8(12)10-9(7)14-11(13)15(10)3/h4-6H,12H2,1-3H3,(H2,13,14). The largest absolute Gasteiger partial charge is 0.397 e. The molecule has 2 aromatic rings. The molecule has 2 rings (SSSR count). The molecule has 4 N–H and O–H groups in total. The summed E-state index contributed by atoms with van der Waals surface area (Å²) in [6.07, 6.45) is 0. The van der Waals surface area contributed by atoms with Crippen LogP contribution >= 0.6 is 0 Å². The first kappa shape index (κ1) is 9.83. The summed E-state index contributed by atoms with van der Waals surface area (Å²) < 4.78 is 1.83. The first-order valence-electron chi connectivity index (χ1n) is 5.02. The first-order chi connectivity index (χ1) is 7.02. The normalized spacial score (nSPS) is 11.5. The average molecular weight is 204 g/mol. The van der Waals surface area contributed by atoms with E-state index in [0.29, 0.717) is 11.9 Å². The van der Waals surface area contributed by atoms with E-state index in [1.807, 2.05) is 23.7 Å². The Morgan fingerprint density at radius 3 is 2.53 bits per heavy atom. The highest BCUT2D eigenvalue weighted by Crippen LogP contribution is 2.29. The molecule has 0 aliphatic heterocycles. The monoisotopic (exact) mass is 204 g/mol. The number of aromatic nitrogens is 2. The fourth-order valence-electron chi connectivity index (χ4n) is 1.85. The van der Waals surface area contributed by atoms with E-state index < -0.39 is 0 Å². The van der Waals surface area contributed by atoms with Crippen molar-refractivity contribution >= 4 is 22.7 Å². The minimum atomic E-state index is 0.419. The van der Waals surface area contributed by atoms with Crippen molar-refractivity contribution in [3.63, 3.8) is 0 Å². The highest BCUT2D eigenvalue weighted by Gasteiger charge is 2.13. The van der Waals surface area contributed by atoms with E-state index in [-0.39, 0.29) is 0 Å². The van der Waals surface area contributed by atoms with E-state index in [9.17, 15) is 0 Å². The Bertz CT molecular complexity index is 511. The van der Waals surface area contributed by atoms with Gasteiger partial charge in [-0.05, 0) is 17.5 Å². The molecule has 0 fully saturated rings. The van der Waals surface area contributed by atoms with E-state index in [1.54, 1.807) is 0 Å². The Hall–Kier alpha value is -1.71. The predicted molar refractivity (Wildman–Crippen MR) is 63.6 cm³/mol. The van der Waals surface area contributed by atoms with Crippen LogP contribution in [0.1, 0.15) is 25.3 Å². The fraction of sp³-hybridized carbons (Fsp3) is 0.364. The minimum absolute atomic E-state index is 0.419. The number of nitrogens with two attached hydrogens (primary N) is 2. The summed E-state index contributed by atoms with van der Waals surface area (Å²) in [6.45, 7) is 4.27. The van der Waals surface area contributed by atoms with Gasteiger partial charge in [-0.15, -0.1) is 0 Å². The van der Waals surface area contributed by atoms with Gasteiger partial charge in [0.2, 0.25) is 5.95 Å². The maximum Gasteiger partial charge on any atom is 0.201 e. The van der Waals surface area contributed by atoms with Gasteiger partial charge in [0.25, 0.3) is 0 Å². The molecule has 0 saturated heterocycles. The third kappa shape index (κ3) is 1.33. The van der Waals surface area contributed by atoms with Gasteiger partial charge in [0.15, 0.2) is 0 Å². The van der Waals surface area contributed by atoms with E-state index >= 15 is 0 Å². The number of rotatable bonds is 1. The van der Waals surface area contributed by atoms with E-state index in [1.165, 1.54) is 5.56 Å². The van der Waals surface area contributed by atoms with Crippen molar-refractivity contribution in [1.82, 2.24) is 9.55 Å². The zero-order valence-corrected chi connectivity index (χ0v) is 9.28. The van der Waals surface area contributed by atoms with Gasteiger partial charge in [-0.3, -0.25) is 0 Å². The highest BCUT2D eigenvalue weighted by molar-refractivity contribution is 5.91. The van der Waals surface area contributed by atoms with Crippen molar-refractivity contribution in [2.24, 2.45) is 7.05 Å². The molecule has 0 saturated carbocycles. The van der Waals surface area contributed by atoms with Crippen LogP contribution in [-0.2, 0) is 7.05 Å². The first-order valence-corrected chi connectivity index (χ1v) is 5.02. The van der Waals surface area contributed by atoms with Crippen LogP contribution in [0.3, 0.4) is 0 Å². The highest BCUT2D eigenvalue weighted by atomic mass is 15.1. The molecule has 80 valence electrons. The topological polar surface area (TPSA) is 69.9 Å². The summed E-state index contributed by atoms with van der Waals surface area (Å²) in [5.74, 6) is 0.923. The van der Waals surface area contributed by atoms with E-state index in [4.69, 9.17) is 11.5 Å². The Labute approximate surface area is 88.9 Å². The summed E-state index contributed by atoms with van der Waals surface area (Å²) in [5.41, 5.74) is 15.5. The summed E-state index contributed by atoms with van der Waals surface area (Å²) in [5, 5.41) is 0. The smallest absolute Gasteiger partial charge is 0.201 e. The van der Waals surface area contributed by atoms with Crippen LogP contribution in [-0.4, -0.2) is 9.55 Å². The average Bonchev–Trinajstić information content (AvgIpc) is 2.44. The van der Waals surface area contributed by atoms with Crippen LogP contribution in [0.2, 0.25) is 0 Å². The summed E-state index contributed by atoms with van der Waals surface area (Å²) in [7, 11) is 1.88. The lowest BCUT2D eigenvalue weighted by atomic mass is 10.0. The van der Waals surface area contributed by atoms with Crippen molar-refractivity contribution in [1.29, 1.82) is 0 Å². The summed E-state index contributed by atoms with van der Waals surface area (Å²) in [6, 6.07) is 3.94. The van der Waals surface area contributed by atoms with Crippen LogP contribution < -0.4 is 11.5 Å². The molecule has 0 unspecified atom stereocenters. The number of hydrogen-bond donors (Lipinski definition) is 2. The number of nitrogen functional groups attached to an aromatic ring is 2. The van der Waals surface area contributed by atoms with Crippen molar-refractivity contribution in [3.8, 4) is 0 Å². The molecule has 1 aromatic carbocycles. The lowest BCUT2D eigenvalue weighted by molar-refractivity contribution is 0.874. The van der Waals surface area contributed by atoms with Gasteiger partial charge < -0.3 is 16.0 Å². The lowest BCUT2D eigenvalue weighted by Crippen LogP contribution is -1.98. The predicted octanol–water partition coefficient (Wildman–Crippen LogP) is 1.86. The number of imidazole rings is 1. The molecule has 0 spiro atoms. The van der Waals surface area contributed by atoms with Crippen LogP contribution in [0, 0.1) is 0 Å². The molecule has 4 heteroatoms. The van der Waals surface area contributed by atoms with Crippen molar-refractivity contribution in [2.45, 2.75) is 19.8 Å². The number of hydrogen-bond acceptors (Lipinski definition) is 3. The Balaban J connectivity index is 2.89. The van der Waals surface area contributed by atoms with Crippen molar-refractivity contribution < 1.29 is 0 Å². The SMILES string of the molecule is CC(C)c1ccc(N)c2c1nc(N)n2C. The third-order valence-electron chi connectivity index (χ3n) is 2.74. The third-order valence-corrected chi connectivity index (χ3v) is 2.74. The molecule has 1 heterocycles. The van der Waals surface area contributed by atoms with Crippen molar-refractivity contribution in [2.75, 3.05) is 11.5 Å². The fourth-order valence-corrected chi connectivity index (χ4v) is 1.85. The van der Waals surface area contributed by atoms with E-state index in [2.05, 4.69) is 18.8 Å². The zero-order chi connectivity index (χ0) is 11.2. The molecule has 15 heavy (non-hydrogen) atoms. The molecule has 1 aromatic heterocycles. The number of aryl methyl sites for hydroxylation is 1. The molecule has 0 bridgehead atoms. The van der Waals surface area contributed by atoms with Crippen LogP contribution in [0.15, 0.2) is 12.1 Å². The van der Waals surface area contributed by atoms with Gasteiger partial charge in [-0.2, -0.15) is 0 Å². The van der Waals surface area contributed by atoms with Crippen LogP contribution in [0.4, 0.5) is 11.6 Å². The molecule has 0 aliphatic carbocycles. The number of nitrogens with zero attached hydrogens (tertiary/aromatic N) is 2. The maximum atomic E-state index is 5.92. The lowest BCUT2D eigenvalue weighted by Gasteiger charge is -2.07. The van der Waals surface area contributed by atoms with Gasteiger partial charge >= 0.3 is 0 Å².